The van der Waals surface area contributed by atoms with Crippen molar-refractivity contribution in [3.05, 3.63) is 56.3 Å². The minimum atomic E-state index is -0.934. The van der Waals surface area contributed by atoms with Gasteiger partial charge in [-0.25, -0.2) is 9.59 Å². The second kappa shape index (κ2) is 14.3. The summed E-state index contributed by atoms with van der Waals surface area (Å²) in [7, 11) is 2.74. The number of hydrogen-bond donors (Lipinski definition) is 2. The van der Waals surface area contributed by atoms with Crippen molar-refractivity contribution in [2.45, 2.75) is 12.8 Å². The van der Waals surface area contributed by atoms with Gasteiger partial charge in [0.2, 0.25) is 0 Å². The van der Waals surface area contributed by atoms with Crippen LogP contribution in [0.5, 0.6) is 0 Å². The van der Waals surface area contributed by atoms with E-state index in [9.17, 15) is 9.59 Å². The molecule has 0 saturated heterocycles. The Kier molecular flexibility index (Phi) is 11.8. The Morgan fingerprint density at radius 3 is 2.32 bits per heavy atom. The number of methoxy groups -OCH3 is 2. The smallest absolute Gasteiger partial charge is 0.336 e. The lowest BCUT2D eigenvalue weighted by molar-refractivity contribution is -0.139. The van der Waals surface area contributed by atoms with Gasteiger partial charge in [0.1, 0.15) is 0 Å². The summed E-state index contributed by atoms with van der Waals surface area (Å²) in [6.45, 7) is 3.28. The highest BCUT2D eigenvalue weighted by Crippen LogP contribution is 2.43. The molecule has 34 heavy (non-hydrogen) atoms. The first kappa shape index (κ1) is 28.1. The van der Waals surface area contributed by atoms with Gasteiger partial charge < -0.3 is 34.7 Å². The molecule has 0 aliphatic carbocycles. The fourth-order valence-corrected chi connectivity index (χ4v) is 3.93. The van der Waals surface area contributed by atoms with Crippen LogP contribution in [-0.4, -0.2) is 72.3 Å². The molecule has 1 aromatic carbocycles. The van der Waals surface area contributed by atoms with Crippen LogP contribution in [0, 0.1) is 0 Å². The van der Waals surface area contributed by atoms with Crippen molar-refractivity contribution in [3.63, 3.8) is 0 Å². The van der Waals surface area contributed by atoms with E-state index in [4.69, 9.17) is 52.6 Å². The average Bonchev–Trinajstić information content (AvgIpc) is 2.82. The van der Waals surface area contributed by atoms with Crippen LogP contribution in [0.1, 0.15) is 18.4 Å². The molecule has 1 heterocycles. The zero-order chi connectivity index (χ0) is 25.1. The number of benzene rings is 1. The van der Waals surface area contributed by atoms with Crippen LogP contribution in [0.15, 0.2) is 40.7 Å². The van der Waals surface area contributed by atoms with Crippen molar-refractivity contribution >= 4 is 35.1 Å². The molecule has 1 aliphatic rings. The molecular weight excluding hydrogens is 487 g/mol. The van der Waals surface area contributed by atoms with E-state index >= 15 is 0 Å². The molecule has 0 amide bonds. The van der Waals surface area contributed by atoms with Gasteiger partial charge in [0.05, 0.1) is 85.3 Å². The molecule has 1 atom stereocenters. The maximum absolute atomic E-state index is 13.2. The fourth-order valence-electron chi connectivity index (χ4n) is 3.51. The highest BCUT2D eigenvalue weighted by molar-refractivity contribution is 6.42. The van der Waals surface area contributed by atoms with Crippen LogP contribution in [-0.2, 0) is 33.3 Å². The zero-order valence-electron chi connectivity index (χ0n) is 19.5. The average molecular weight is 517 g/mol. The monoisotopic (exact) mass is 516 g/mol. The van der Waals surface area contributed by atoms with Crippen molar-refractivity contribution in [3.8, 4) is 0 Å². The predicted octanol–water partition coefficient (Wildman–Crippen LogP) is 2.56. The number of hydrogen-bond acceptors (Lipinski definition) is 9. The first-order valence-electron chi connectivity index (χ1n) is 10.7. The lowest BCUT2D eigenvalue weighted by atomic mass is 9.80. The third-order valence-corrected chi connectivity index (χ3v) is 5.73. The van der Waals surface area contributed by atoms with Gasteiger partial charge in [0, 0.05) is 13.7 Å². The van der Waals surface area contributed by atoms with Gasteiger partial charge in [-0.3, -0.25) is 0 Å². The molecule has 2 rings (SSSR count). The Balaban J connectivity index is 2.62. The van der Waals surface area contributed by atoms with Crippen LogP contribution in [0.2, 0.25) is 10.0 Å². The van der Waals surface area contributed by atoms with Crippen LogP contribution < -0.4 is 11.1 Å². The first-order valence-corrected chi connectivity index (χ1v) is 11.4. The number of carbonyl (C=O) groups is 2. The van der Waals surface area contributed by atoms with E-state index in [0.717, 1.165) is 0 Å². The number of nitrogens with two attached hydrogens (primary N) is 1. The molecule has 0 spiro atoms. The highest BCUT2D eigenvalue weighted by Gasteiger charge is 2.40. The van der Waals surface area contributed by atoms with Gasteiger partial charge in [-0.2, -0.15) is 0 Å². The first-order chi connectivity index (χ1) is 16.4. The Bertz CT molecular complexity index is 934. The Morgan fingerprint density at radius 2 is 1.68 bits per heavy atom. The van der Waals surface area contributed by atoms with Crippen LogP contribution in [0.4, 0.5) is 0 Å². The molecule has 0 radical (unpaired) electrons. The predicted molar refractivity (Wildman–Crippen MR) is 128 cm³/mol. The maximum atomic E-state index is 13.2. The maximum Gasteiger partial charge on any atom is 0.336 e. The molecule has 0 aromatic heterocycles. The third-order valence-electron chi connectivity index (χ3n) is 4.89. The number of ether oxygens (including phenoxy) is 5. The fraction of sp³-hybridized carbons (Fsp3) is 0.478. The van der Waals surface area contributed by atoms with Crippen molar-refractivity contribution in [2.75, 3.05) is 60.4 Å². The summed E-state index contributed by atoms with van der Waals surface area (Å²) in [5.41, 5.74) is 6.98. The third kappa shape index (κ3) is 6.94. The minimum Gasteiger partial charge on any atom is -0.466 e. The van der Waals surface area contributed by atoms with Gasteiger partial charge in [-0.05, 0) is 18.6 Å². The number of esters is 2. The molecule has 0 bridgehead atoms. The van der Waals surface area contributed by atoms with E-state index in [1.165, 1.54) is 14.2 Å². The Labute approximate surface area is 209 Å². The Morgan fingerprint density at radius 1 is 1.00 bits per heavy atom. The standard InChI is InChI=1S/C23H30Cl2N2O7/c1-4-34-23(29)20-17(13-33-11-10-32-9-8-26)27-16(12-30-2)19(22(28)31-3)18(20)14-6-5-7-15(24)21(14)25/h5-7,18,27H,4,8-13,26H2,1-3H3/t18-/m1/s1. The summed E-state index contributed by atoms with van der Waals surface area (Å²) >= 11 is 12.8. The zero-order valence-corrected chi connectivity index (χ0v) is 21.0. The highest BCUT2D eigenvalue weighted by atomic mass is 35.5. The largest absolute Gasteiger partial charge is 0.466 e. The van der Waals surface area contributed by atoms with E-state index in [2.05, 4.69) is 5.32 Å². The van der Waals surface area contributed by atoms with Crippen LogP contribution in [0.3, 0.4) is 0 Å². The van der Waals surface area contributed by atoms with E-state index in [1.54, 1.807) is 25.1 Å². The number of carbonyl (C=O) groups excluding carboxylic acids is 2. The topological polar surface area (TPSA) is 118 Å². The summed E-state index contributed by atoms with van der Waals surface area (Å²) < 4.78 is 26.7. The number of rotatable bonds is 13. The molecule has 0 fully saturated rings. The van der Waals surface area contributed by atoms with E-state index in [0.29, 0.717) is 36.7 Å². The van der Waals surface area contributed by atoms with Crippen molar-refractivity contribution in [1.29, 1.82) is 0 Å². The van der Waals surface area contributed by atoms with Crippen LogP contribution in [0.25, 0.3) is 0 Å². The molecule has 3 N–H and O–H groups in total. The van der Waals surface area contributed by atoms with Gasteiger partial charge in [-0.1, -0.05) is 35.3 Å². The van der Waals surface area contributed by atoms with Crippen molar-refractivity contribution in [1.82, 2.24) is 5.32 Å². The van der Waals surface area contributed by atoms with Crippen molar-refractivity contribution in [2.24, 2.45) is 5.73 Å². The normalized spacial score (nSPS) is 15.9. The molecule has 0 saturated carbocycles. The van der Waals surface area contributed by atoms with E-state index < -0.39 is 17.9 Å². The summed E-state index contributed by atoms with van der Waals surface area (Å²) in [6.07, 6.45) is 0. The summed E-state index contributed by atoms with van der Waals surface area (Å²) in [6, 6.07) is 4.99. The lowest BCUT2D eigenvalue weighted by Gasteiger charge is -2.32. The molecule has 188 valence electrons. The van der Waals surface area contributed by atoms with E-state index in [1.807, 2.05) is 0 Å². The summed E-state index contributed by atoms with van der Waals surface area (Å²) in [5, 5.41) is 3.59. The van der Waals surface area contributed by atoms with Gasteiger partial charge >= 0.3 is 11.9 Å². The van der Waals surface area contributed by atoms with Crippen molar-refractivity contribution < 1.29 is 33.3 Å². The lowest BCUT2D eigenvalue weighted by Crippen LogP contribution is -2.37. The number of halogens is 2. The summed E-state index contributed by atoms with van der Waals surface area (Å²) in [5.74, 6) is -2.22. The van der Waals surface area contributed by atoms with E-state index in [-0.39, 0.29) is 47.6 Å². The van der Waals surface area contributed by atoms with Crippen LogP contribution >= 0.6 is 23.2 Å². The second-order valence-corrected chi connectivity index (χ2v) is 7.87. The molecule has 1 aromatic rings. The van der Waals surface area contributed by atoms with Gasteiger partial charge in [0.15, 0.2) is 0 Å². The summed E-state index contributed by atoms with van der Waals surface area (Å²) in [4.78, 5) is 26.1. The number of nitrogens with one attached hydrogen (secondary N) is 1. The Hall–Kier alpha value is -2.14. The number of dihydropyridines is 1. The molecule has 9 nitrogen and oxygen atoms in total. The minimum absolute atomic E-state index is 0.0104. The molecule has 0 unspecified atom stereocenters. The molecule has 1 aliphatic heterocycles. The molecular formula is C23H30Cl2N2O7. The quantitative estimate of drug-likeness (QED) is 0.301. The van der Waals surface area contributed by atoms with Gasteiger partial charge in [0.25, 0.3) is 0 Å². The SMILES string of the molecule is CCOC(=O)C1=C(COCCOCCN)NC(COC)=C(C(=O)OC)[C@H]1c1cccc(Cl)c1Cl. The molecule has 11 heteroatoms. The van der Waals surface area contributed by atoms with Gasteiger partial charge in [-0.15, -0.1) is 0 Å². The second-order valence-electron chi connectivity index (χ2n) is 7.08.